The third kappa shape index (κ3) is 2.63. The third-order valence-corrected chi connectivity index (χ3v) is 5.64. The van der Waals surface area contributed by atoms with Gasteiger partial charge >= 0.3 is 17.2 Å². The summed E-state index contributed by atoms with van der Waals surface area (Å²) < 4.78 is 68.2. The van der Waals surface area contributed by atoms with Gasteiger partial charge in [0.05, 0.1) is 5.41 Å². The Bertz CT molecular complexity index is 583. The quantitative estimate of drug-likeness (QED) is 0.567. The molecular weight excluding hydrogens is 353 g/mol. The highest BCUT2D eigenvalue weighted by Gasteiger charge is 2.72. The molecule has 1 aliphatic carbocycles. The zero-order valence-electron chi connectivity index (χ0n) is 13.4. The lowest BCUT2D eigenvalue weighted by Gasteiger charge is -2.30. The lowest BCUT2D eigenvalue weighted by molar-refractivity contribution is -0.184. The molecule has 2 rings (SSSR count). The van der Waals surface area contributed by atoms with Gasteiger partial charge in [-0.1, -0.05) is 13.8 Å². The molecule has 1 heterocycles. The van der Waals surface area contributed by atoms with E-state index in [9.17, 15) is 27.0 Å². The second-order valence-corrected chi connectivity index (χ2v) is 7.84. The molecule has 0 amide bonds. The number of carbonyl (C=O) groups is 2. The molecule has 24 heavy (non-hydrogen) atoms. The minimum atomic E-state index is -4.56. The molecule has 1 aliphatic heterocycles. The summed E-state index contributed by atoms with van der Waals surface area (Å²) in [6.45, 7) is 3.85. The first-order valence-electron chi connectivity index (χ1n) is 7.43. The zero-order valence-corrected chi connectivity index (χ0v) is 14.2. The van der Waals surface area contributed by atoms with E-state index >= 15 is 0 Å². The number of hydrogen-bond donors (Lipinski definition) is 1. The van der Waals surface area contributed by atoms with E-state index in [-0.39, 0.29) is 12.3 Å². The molecule has 1 saturated heterocycles. The number of esters is 2. The smallest absolute Gasteiger partial charge is 0.378 e. The van der Waals surface area contributed by atoms with Crippen molar-refractivity contribution in [1.82, 2.24) is 0 Å². The number of rotatable bonds is 6. The van der Waals surface area contributed by atoms with Gasteiger partial charge < -0.3 is 14.0 Å². The van der Waals surface area contributed by atoms with Crippen molar-refractivity contribution in [3.05, 3.63) is 0 Å². The summed E-state index contributed by atoms with van der Waals surface area (Å²) in [5, 5.41) is -4.56. The topological polar surface area (TPSA) is 89.9 Å². The maximum Gasteiger partial charge on any atom is 0.378 e. The first-order chi connectivity index (χ1) is 10.9. The van der Waals surface area contributed by atoms with E-state index in [4.69, 9.17) is 9.29 Å². The highest BCUT2D eigenvalue weighted by atomic mass is 32.2. The van der Waals surface area contributed by atoms with Gasteiger partial charge in [-0.25, -0.2) is 13.4 Å². The molecule has 138 valence electrons. The normalized spacial score (nSPS) is 35.0. The second-order valence-electron chi connectivity index (χ2n) is 6.80. The SMILES string of the molecule is CC(C)C1C2(C(=O)OCC(F)C(F)(F)S(=O)O)CC[C@]1(C)C(=O)O2. The molecule has 0 radical (unpaired) electrons. The van der Waals surface area contributed by atoms with Crippen LogP contribution in [-0.2, 0) is 30.1 Å². The summed E-state index contributed by atoms with van der Waals surface area (Å²) in [6.07, 6.45) is -2.61. The molecule has 0 aromatic heterocycles. The van der Waals surface area contributed by atoms with Gasteiger partial charge in [0.25, 0.3) is 0 Å². The predicted octanol–water partition coefficient (Wildman–Crippen LogP) is 2.05. The zero-order chi connectivity index (χ0) is 18.5. The molecule has 2 fully saturated rings. The molecule has 2 bridgehead atoms. The van der Waals surface area contributed by atoms with Gasteiger partial charge in [-0.15, -0.1) is 0 Å². The van der Waals surface area contributed by atoms with Crippen LogP contribution in [0.4, 0.5) is 13.2 Å². The van der Waals surface area contributed by atoms with Crippen molar-refractivity contribution in [3.8, 4) is 0 Å². The summed E-state index contributed by atoms with van der Waals surface area (Å²) >= 11 is -3.74. The summed E-state index contributed by atoms with van der Waals surface area (Å²) in [6, 6.07) is 0. The maximum absolute atomic E-state index is 13.4. The summed E-state index contributed by atoms with van der Waals surface area (Å²) in [5.41, 5.74) is -2.49. The summed E-state index contributed by atoms with van der Waals surface area (Å²) in [7, 11) is 0. The van der Waals surface area contributed by atoms with Crippen molar-refractivity contribution in [2.24, 2.45) is 17.3 Å². The highest BCUT2D eigenvalue weighted by Crippen LogP contribution is 2.60. The van der Waals surface area contributed by atoms with E-state index < -0.39 is 58.0 Å². The van der Waals surface area contributed by atoms with Crippen molar-refractivity contribution in [2.45, 2.75) is 50.6 Å². The Morgan fingerprint density at radius 3 is 2.54 bits per heavy atom. The monoisotopic (exact) mass is 372 g/mol. The molecule has 6 nitrogen and oxygen atoms in total. The van der Waals surface area contributed by atoms with Crippen LogP contribution < -0.4 is 0 Å². The molecule has 0 aromatic carbocycles. The van der Waals surface area contributed by atoms with E-state index in [1.807, 2.05) is 0 Å². The van der Waals surface area contributed by atoms with Crippen LogP contribution >= 0.6 is 0 Å². The molecule has 10 heteroatoms. The molecule has 0 aromatic rings. The molecule has 1 saturated carbocycles. The largest absolute Gasteiger partial charge is 0.459 e. The Hall–Kier alpha value is -1.16. The van der Waals surface area contributed by atoms with E-state index in [0.717, 1.165) is 0 Å². The molecule has 0 spiro atoms. The number of carbonyl (C=O) groups excluding carboxylic acids is 2. The Morgan fingerprint density at radius 1 is 1.50 bits per heavy atom. The van der Waals surface area contributed by atoms with Gasteiger partial charge in [-0.2, -0.15) is 8.78 Å². The van der Waals surface area contributed by atoms with E-state index in [1.54, 1.807) is 20.8 Å². The third-order valence-electron chi connectivity index (χ3n) is 4.92. The fraction of sp³-hybridized carbons (Fsp3) is 0.857. The van der Waals surface area contributed by atoms with Crippen molar-refractivity contribution >= 4 is 23.0 Å². The predicted molar refractivity (Wildman–Crippen MR) is 76.1 cm³/mol. The van der Waals surface area contributed by atoms with Gasteiger partial charge in [0.15, 0.2) is 0 Å². The molecule has 2 aliphatic rings. The fourth-order valence-corrected chi connectivity index (χ4v) is 4.21. The molecule has 5 atom stereocenters. The van der Waals surface area contributed by atoms with Gasteiger partial charge in [-0.3, -0.25) is 4.79 Å². The lowest BCUT2D eigenvalue weighted by Crippen LogP contribution is -2.47. The van der Waals surface area contributed by atoms with E-state index in [1.165, 1.54) is 0 Å². The van der Waals surface area contributed by atoms with Crippen LogP contribution in [0.3, 0.4) is 0 Å². The fourth-order valence-electron chi connectivity index (χ4n) is 3.92. The molecule has 1 N–H and O–H groups in total. The minimum absolute atomic E-state index is 0.135. The Labute approximate surface area is 139 Å². The maximum atomic E-state index is 13.4. The second kappa shape index (κ2) is 5.98. The van der Waals surface area contributed by atoms with Crippen LogP contribution in [0.2, 0.25) is 0 Å². The Morgan fingerprint density at radius 2 is 2.08 bits per heavy atom. The number of fused-ring (bicyclic) bond motifs is 2. The van der Waals surface area contributed by atoms with Crippen molar-refractivity contribution in [1.29, 1.82) is 0 Å². The van der Waals surface area contributed by atoms with Gasteiger partial charge in [0.2, 0.25) is 22.9 Å². The van der Waals surface area contributed by atoms with Gasteiger partial charge in [0.1, 0.15) is 6.61 Å². The Balaban J connectivity index is 2.15. The van der Waals surface area contributed by atoms with Crippen molar-refractivity contribution in [3.63, 3.8) is 0 Å². The van der Waals surface area contributed by atoms with Crippen LogP contribution in [0.15, 0.2) is 0 Å². The average Bonchev–Trinajstić information content (AvgIpc) is 2.90. The lowest BCUT2D eigenvalue weighted by atomic mass is 9.72. The van der Waals surface area contributed by atoms with Crippen LogP contribution in [0.25, 0.3) is 0 Å². The number of halogens is 3. The standard InChI is InChI=1S/C14H19F3O6S/c1-7(2)9-12(3)4-5-13(9,23-10(12)18)11(19)22-6-8(15)14(16,17)24(20)21/h7-9H,4-6H2,1-3H3,(H,20,21)/t8?,9?,12-,13?/m0/s1. The first kappa shape index (κ1) is 19.2. The number of alkyl halides is 3. The summed E-state index contributed by atoms with van der Waals surface area (Å²) in [4.78, 5) is 24.5. The molecular formula is C14H19F3O6S. The Kier molecular flexibility index (Phi) is 4.77. The average molecular weight is 372 g/mol. The number of hydrogen-bond acceptors (Lipinski definition) is 5. The van der Waals surface area contributed by atoms with Crippen LogP contribution in [-0.4, -0.2) is 44.3 Å². The van der Waals surface area contributed by atoms with Gasteiger partial charge in [0, 0.05) is 5.92 Å². The summed E-state index contributed by atoms with van der Waals surface area (Å²) in [5.74, 6) is -2.32. The van der Waals surface area contributed by atoms with Crippen LogP contribution in [0, 0.1) is 17.3 Å². The van der Waals surface area contributed by atoms with Crippen LogP contribution in [0.5, 0.6) is 0 Å². The van der Waals surface area contributed by atoms with E-state index in [0.29, 0.717) is 6.42 Å². The molecule has 4 unspecified atom stereocenters. The van der Waals surface area contributed by atoms with Crippen molar-refractivity contribution < 1.29 is 41.0 Å². The van der Waals surface area contributed by atoms with Gasteiger partial charge in [-0.05, 0) is 25.7 Å². The van der Waals surface area contributed by atoms with Crippen LogP contribution in [0.1, 0.15) is 33.6 Å². The first-order valence-corrected chi connectivity index (χ1v) is 8.53. The minimum Gasteiger partial charge on any atom is -0.459 e. The number of ether oxygens (including phenoxy) is 2. The highest BCUT2D eigenvalue weighted by molar-refractivity contribution is 7.80. The van der Waals surface area contributed by atoms with Crippen molar-refractivity contribution in [2.75, 3.05) is 6.61 Å². The van der Waals surface area contributed by atoms with E-state index in [2.05, 4.69) is 4.74 Å².